The van der Waals surface area contributed by atoms with Crippen LogP contribution < -0.4 is 10.6 Å². The molecule has 2 atom stereocenters. The number of nitrogens with zero attached hydrogens (tertiary/aromatic N) is 1. The van der Waals surface area contributed by atoms with Crippen LogP contribution in [0.5, 0.6) is 0 Å². The summed E-state index contributed by atoms with van der Waals surface area (Å²) in [6.07, 6.45) is 3.39. The van der Waals surface area contributed by atoms with Crippen LogP contribution in [-0.4, -0.2) is 49.6 Å². The van der Waals surface area contributed by atoms with Crippen molar-refractivity contribution in [3.63, 3.8) is 0 Å². The Hall–Kier alpha value is -0.610. The fourth-order valence-corrected chi connectivity index (χ4v) is 2.96. The second-order valence-corrected chi connectivity index (χ2v) is 6.03. The highest BCUT2D eigenvalue weighted by Gasteiger charge is 2.26. The molecule has 2 fully saturated rings. The molecule has 0 spiro atoms. The second-order valence-electron chi connectivity index (χ2n) is 6.03. The summed E-state index contributed by atoms with van der Waals surface area (Å²) in [4.78, 5) is 14.5. The summed E-state index contributed by atoms with van der Waals surface area (Å²) in [5.74, 6) is 1.10. The minimum atomic E-state index is 0.196. The van der Waals surface area contributed by atoms with Crippen molar-refractivity contribution in [1.82, 2.24) is 15.5 Å². The van der Waals surface area contributed by atoms with Crippen molar-refractivity contribution in [3.8, 4) is 0 Å². The lowest BCUT2D eigenvalue weighted by Gasteiger charge is -2.23. The van der Waals surface area contributed by atoms with E-state index in [1.807, 2.05) is 0 Å². The first-order valence-corrected chi connectivity index (χ1v) is 7.39. The van der Waals surface area contributed by atoms with Crippen LogP contribution >= 0.6 is 0 Å². The molecule has 18 heavy (non-hydrogen) atoms. The summed E-state index contributed by atoms with van der Waals surface area (Å²) in [6.45, 7) is 9.59. The Balaban J connectivity index is 1.67. The molecule has 2 saturated heterocycles. The van der Waals surface area contributed by atoms with Crippen LogP contribution in [0, 0.1) is 11.8 Å². The maximum Gasteiger partial charge on any atom is 0.224 e. The lowest BCUT2D eigenvalue weighted by atomic mass is 9.98. The highest BCUT2D eigenvalue weighted by molar-refractivity contribution is 5.78. The minimum Gasteiger partial charge on any atom is -0.355 e. The summed E-state index contributed by atoms with van der Waals surface area (Å²) in [5.41, 5.74) is 0. The van der Waals surface area contributed by atoms with Gasteiger partial charge in [0.15, 0.2) is 0 Å². The summed E-state index contributed by atoms with van der Waals surface area (Å²) in [7, 11) is 0. The molecule has 2 heterocycles. The van der Waals surface area contributed by atoms with Gasteiger partial charge in [-0.25, -0.2) is 0 Å². The molecule has 0 radical (unpaired) electrons. The fourth-order valence-electron chi connectivity index (χ4n) is 2.96. The van der Waals surface area contributed by atoms with Crippen LogP contribution in [0.15, 0.2) is 0 Å². The maximum atomic E-state index is 12.0. The zero-order chi connectivity index (χ0) is 13.0. The highest BCUT2D eigenvalue weighted by Crippen LogP contribution is 2.18. The number of likely N-dealkylation sites (tertiary alicyclic amines) is 1. The van der Waals surface area contributed by atoms with E-state index in [-0.39, 0.29) is 11.8 Å². The largest absolute Gasteiger partial charge is 0.355 e. The molecule has 0 aromatic carbocycles. The third-order valence-corrected chi connectivity index (χ3v) is 4.28. The summed E-state index contributed by atoms with van der Waals surface area (Å²) >= 11 is 0. The number of amides is 1. The van der Waals surface area contributed by atoms with Crippen LogP contribution in [0.3, 0.4) is 0 Å². The molecule has 0 aromatic heterocycles. The van der Waals surface area contributed by atoms with Gasteiger partial charge in [0.05, 0.1) is 5.92 Å². The second kappa shape index (κ2) is 6.53. The molecule has 4 nitrogen and oxygen atoms in total. The molecule has 0 saturated carbocycles. The molecule has 104 valence electrons. The van der Waals surface area contributed by atoms with Crippen molar-refractivity contribution in [2.45, 2.75) is 39.2 Å². The van der Waals surface area contributed by atoms with E-state index < -0.39 is 0 Å². The van der Waals surface area contributed by atoms with Gasteiger partial charge < -0.3 is 15.5 Å². The number of hydrogen-bond donors (Lipinski definition) is 2. The molecule has 2 aliphatic heterocycles. The van der Waals surface area contributed by atoms with E-state index in [0.29, 0.717) is 12.0 Å². The van der Waals surface area contributed by atoms with Gasteiger partial charge in [-0.15, -0.1) is 0 Å². The molecule has 1 amide bonds. The Morgan fingerprint density at radius 2 is 2.28 bits per heavy atom. The average molecular weight is 253 g/mol. The Morgan fingerprint density at radius 3 is 2.89 bits per heavy atom. The molecule has 2 rings (SSSR count). The summed E-state index contributed by atoms with van der Waals surface area (Å²) < 4.78 is 0. The highest BCUT2D eigenvalue weighted by atomic mass is 16.1. The first-order chi connectivity index (χ1) is 8.66. The van der Waals surface area contributed by atoms with Gasteiger partial charge in [-0.3, -0.25) is 4.79 Å². The van der Waals surface area contributed by atoms with Gasteiger partial charge >= 0.3 is 0 Å². The van der Waals surface area contributed by atoms with Crippen LogP contribution in [0.1, 0.15) is 33.1 Å². The van der Waals surface area contributed by atoms with E-state index in [0.717, 1.165) is 39.0 Å². The van der Waals surface area contributed by atoms with Crippen molar-refractivity contribution < 1.29 is 4.79 Å². The SMILES string of the molecule is CC(C)N1CCC(CNC(=O)[C@@H]2CCCNC2)C1. The van der Waals surface area contributed by atoms with E-state index in [9.17, 15) is 4.79 Å². The Labute approximate surface area is 110 Å². The molecular formula is C14H27N3O. The van der Waals surface area contributed by atoms with E-state index in [1.54, 1.807) is 0 Å². The third-order valence-electron chi connectivity index (χ3n) is 4.28. The van der Waals surface area contributed by atoms with Gasteiger partial charge in [-0.1, -0.05) is 0 Å². The van der Waals surface area contributed by atoms with Crippen LogP contribution in [0.4, 0.5) is 0 Å². The number of nitrogens with one attached hydrogen (secondary N) is 2. The predicted molar refractivity (Wildman–Crippen MR) is 73.4 cm³/mol. The Morgan fingerprint density at radius 1 is 1.44 bits per heavy atom. The first-order valence-electron chi connectivity index (χ1n) is 7.39. The summed E-state index contributed by atoms with van der Waals surface area (Å²) in [6, 6.07) is 0.633. The van der Waals surface area contributed by atoms with Gasteiger partial charge in [0.25, 0.3) is 0 Å². The molecular weight excluding hydrogens is 226 g/mol. The maximum absolute atomic E-state index is 12.0. The van der Waals surface area contributed by atoms with Crippen molar-refractivity contribution in [2.24, 2.45) is 11.8 Å². The van der Waals surface area contributed by atoms with Gasteiger partial charge in [0.2, 0.25) is 5.91 Å². The molecule has 2 aliphatic rings. The zero-order valence-electron chi connectivity index (χ0n) is 11.7. The van der Waals surface area contributed by atoms with E-state index >= 15 is 0 Å². The molecule has 0 bridgehead atoms. The van der Waals surface area contributed by atoms with E-state index in [4.69, 9.17) is 0 Å². The molecule has 4 heteroatoms. The smallest absolute Gasteiger partial charge is 0.224 e. The minimum absolute atomic E-state index is 0.196. The number of rotatable bonds is 4. The van der Waals surface area contributed by atoms with Crippen molar-refractivity contribution in [3.05, 3.63) is 0 Å². The van der Waals surface area contributed by atoms with Gasteiger partial charge in [-0.05, 0) is 52.1 Å². The lowest BCUT2D eigenvalue weighted by Crippen LogP contribution is -2.42. The first kappa shape index (κ1) is 13.8. The zero-order valence-corrected chi connectivity index (χ0v) is 11.7. The number of hydrogen-bond acceptors (Lipinski definition) is 3. The number of piperidine rings is 1. The van der Waals surface area contributed by atoms with Gasteiger partial charge in [0.1, 0.15) is 0 Å². The van der Waals surface area contributed by atoms with E-state index in [2.05, 4.69) is 29.4 Å². The quantitative estimate of drug-likeness (QED) is 0.780. The predicted octanol–water partition coefficient (Wildman–Crippen LogP) is 0.833. The van der Waals surface area contributed by atoms with Crippen LogP contribution in [0.25, 0.3) is 0 Å². The van der Waals surface area contributed by atoms with E-state index in [1.165, 1.54) is 13.0 Å². The van der Waals surface area contributed by atoms with Crippen LogP contribution in [0.2, 0.25) is 0 Å². The lowest BCUT2D eigenvalue weighted by molar-refractivity contribution is -0.125. The normalized spacial score (nSPS) is 29.7. The number of carbonyl (C=O) groups excluding carboxylic acids is 1. The Bertz CT molecular complexity index is 274. The topological polar surface area (TPSA) is 44.4 Å². The molecule has 2 N–H and O–H groups in total. The molecule has 1 unspecified atom stereocenters. The molecule has 0 aromatic rings. The van der Waals surface area contributed by atoms with Crippen molar-refractivity contribution >= 4 is 5.91 Å². The van der Waals surface area contributed by atoms with Gasteiger partial charge in [0, 0.05) is 25.7 Å². The summed E-state index contributed by atoms with van der Waals surface area (Å²) in [5, 5.41) is 6.44. The van der Waals surface area contributed by atoms with Crippen molar-refractivity contribution in [1.29, 1.82) is 0 Å². The van der Waals surface area contributed by atoms with Crippen molar-refractivity contribution in [2.75, 3.05) is 32.7 Å². The standard InChI is InChI=1S/C14H27N3O/c1-11(2)17-7-5-12(10-17)8-16-14(18)13-4-3-6-15-9-13/h11-13,15H,3-10H2,1-2H3,(H,16,18)/t12?,13-/m1/s1. The third kappa shape index (κ3) is 3.69. The fraction of sp³-hybridized carbons (Fsp3) is 0.929. The number of carbonyl (C=O) groups is 1. The van der Waals surface area contributed by atoms with Crippen LogP contribution in [-0.2, 0) is 4.79 Å². The van der Waals surface area contributed by atoms with Gasteiger partial charge in [-0.2, -0.15) is 0 Å². The monoisotopic (exact) mass is 253 g/mol. The Kier molecular flexibility index (Phi) is 5.01. The average Bonchev–Trinajstić information content (AvgIpc) is 2.86. The molecule has 0 aliphatic carbocycles.